The molecule has 0 spiro atoms. The fraction of sp³-hybridized carbons (Fsp3) is 0. The van der Waals surface area contributed by atoms with E-state index in [1.165, 1.54) is 0 Å². The summed E-state index contributed by atoms with van der Waals surface area (Å²) in [6, 6.07) is 26.2. The van der Waals surface area contributed by atoms with Crippen molar-refractivity contribution >= 4 is 34.1 Å². The number of carbonyl (C=O) groups is 3. The quantitative estimate of drug-likeness (QED) is 0.390. The van der Waals surface area contributed by atoms with Crippen molar-refractivity contribution in [1.82, 2.24) is 9.97 Å². The standard InChI is InChI=1S/C29H17N3O3/c33-27-18-9-1-2-10-19(18)28(34)26-20(27)11-7-14-24(26)32-29(35)21-16-25(23-13-5-6-15-30-23)31-22-12-4-3-8-17(21)22/h1-16H,(H,32,35). The zero-order valence-corrected chi connectivity index (χ0v) is 18.4. The van der Waals surface area contributed by atoms with Crippen molar-refractivity contribution in [2.75, 3.05) is 5.32 Å². The molecule has 0 bridgehead atoms. The minimum absolute atomic E-state index is 0.202. The molecule has 5 aromatic rings. The molecule has 0 saturated heterocycles. The van der Waals surface area contributed by atoms with Gasteiger partial charge in [0.25, 0.3) is 5.91 Å². The summed E-state index contributed by atoms with van der Waals surface area (Å²) >= 11 is 0. The number of nitrogens with one attached hydrogen (secondary N) is 1. The molecule has 1 aliphatic carbocycles. The summed E-state index contributed by atoms with van der Waals surface area (Å²) < 4.78 is 0. The van der Waals surface area contributed by atoms with Crippen molar-refractivity contribution in [2.45, 2.75) is 0 Å². The first-order valence-corrected chi connectivity index (χ1v) is 11.1. The highest BCUT2D eigenvalue weighted by Gasteiger charge is 2.32. The number of rotatable bonds is 3. The molecule has 6 heteroatoms. The van der Waals surface area contributed by atoms with Gasteiger partial charge in [0.2, 0.25) is 0 Å². The van der Waals surface area contributed by atoms with Crippen LogP contribution in [0, 0.1) is 0 Å². The molecule has 3 aromatic carbocycles. The maximum absolute atomic E-state index is 13.6. The van der Waals surface area contributed by atoms with Crippen molar-refractivity contribution < 1.29 is 14.4 Å². The summed E-state index contributed by atoms with van der Waals surface area (Å²) in [5.41, 5.74) is 3.72. The first-order chi connectivity index (χ1) is 17.1. The highest BCUT2D eigenvalue weighted by Crippen LogP contribution is 2.33. The van der Waals surface area contributed by atoms with E-state index in [9.17, 15) is 14.4 Å². The second-order valence-corrected chi connectivity index (χ2v) is 8.17. The van der Waals surface area contributed by atoms with Crippen LogP contribution in [0.25, 0.3) is 22.3 Å². The van der Waals surface area contributed by atoms with Gasteiger partial charge >= 0.3 is 0 Å². The molecule has 6 rings (SSSR count). The van der Waals surface area contributed by atoms with Crippen LogP contribution in [0.5, 0.6) is 0 Å². The number of nitrogens with zero attached hydrogens (tertiary/aromatic N) is 2. The van der Waals surface area contributed by atoms with E-state index in [0.717, 1.165) is 0 Å². The Balaban J connectivity index is 1.45. The van der Waals surface area contributed by atoms with Crippen molar-refractivity contribution in [3.63, 3.8) is 0 Å². The molecule has 6 nitrogen and oxygen atoms in total. The van der Waals surface area contributed by atoms with Crippen LogP contribution in [0.1, 0.15) is 42.2 Å². The van der Waals surface area contributed by atoms with E-state index in [0.29, 0.717) is 44.7 Å². The van der Waals surface area contributed by atoms with E-state index in [1.54, 1.807) is 54.7 Å². The Kier molecular flexibility index (Phi) is 4.78. The van der Waals surface area contributed by atoms with E-state index in [4.69, 9.17) is 0 Å². The van der Waals surface area contributed by atoms with E-state index in [-0.39, 0.29) is 22.7 Å². The number of hydrogen-bond donors (Lipinski definition) is 1. The number of para-hydroxylation sites is 1. The second kappa shape index (κ2) is 8.11. The van der Waals surface area contributed by atoms with Crippen molar-refractivity contribution in [1.29, 1.82) is 0 Å². The molecule has 0 aliphatic heterocycles. The molecular weight excluding hydrogens is 438 g/mol. The van der Waals surface area contributed by atoms with Gasteiger partial charge in [-0.15, -0.1) is 0 Å². The predicted molar refractivity (Wildman–Crippen MR) is 133 cm³/mol. The lowest BCUT2D eigenvalue weighted by molar-refractivity contribution is 0.0978. The van der Waals surface area contributed by atoms with Gasteiger partial charge in [0.15, 0.2) is 11.6 Å². The molecule has 35 heavy (non-hydrogen) atoms. The number of aromatic nitrogens is 2. The topological polar surface area (TPSA) is 89.0 Å². The summed E-state index contributed by atoms with van der Waals surface area (Å²) in [7, 11) is 0. The van der Waals surface area contributed by atoms with Crippen LogP contribution in [-0.4, -0.2) is 27.4 Å². The van der Waals surface area contributed by atoms with E-state index in [2.05, 4.69) is 15.3 Å². The lowest BCUT2D eigenvalue weighted by atomic mass is 9.83. The van der Waals surface area contributed by atoms with Gasteiger partial charge in [0.05, 0.1) is 33.7 Å². The molecule has 1 aliphatic rings. The highest BCUT2D eigenvalue weighted by molar-refractivity contribution is 6.31. The Labute approximate surface area is 200 Å². The van der Waals surface area contributed by atoms with Gasteiger partial charge in [0.1, 0.15) is 0 Å². The zero-order chi connectivity index (χ0) is 23.9. The SMILES string of the molecule is O=C1c2ccccc2C(=O)c2c(NC(=O)c3cc(-c4ccccn4)nc4ccccc34)cccc21. The molecule has 0 fully saturated rings. The molecule has 0 radical (unpaired) electrons. The summed E-state index contributed by atoms with van der Waals surface area (Å²) in [5, 5.41) is 3.55. The molecule has 0 unspecified atom stereocenters. The van der Waals surface area contributed by atoms with Gasteiger partial charge < -0.3 is 5.32 Å². The first kappa shape index (κ1) is 20.6. The molecule has 2 aromatic heterocycles. The van der Waals surface area contributed by atoms with Crippen molar-refractivity contribution in [3.05, 3.63) is 125 Å². The normalized spacial score (nSPS) is 12.2. The van der Waals surface area contributed by atoms with Gasteiger partial charge in [-0.3, -0.25) is 19.4 Å². The number of carbonyl (C=O) groups excluding carboxylic acids is 3. The number of fused-ring (bicyclic) bond motifs is 3. The van der Waals surface area contributed by atoms with Crippen molar-refractivity contribution in [2.24, 2.45) is 0 Å². The summed E-state index contributed by atoms with van der Waals surface area (Å²) in [6.07, 6.45) is 1.67. The average molecular weight is 455 g/mol. The maximum Gasteiger partial charge on any atom is 0.256 e. The van der Waals surface area contributed by atoms with E-state index >= 15 is 0 Å². The summed E-state index contributed by atoms with van der Waals surface area (Å²) in [4.78, 5) is 49.0. The number of ketones is 2. The number of amides is 1. The van der Waals surface area contributed by atoms with Crippen molar-refractivity contribution in [3.8, 4) is 11.4 Å². The van der Waals surface area contributed by atoms with Gasteiger partial charge in [-0.2, -0.15) is 0 Å². The van der Waals surface area contributed by atoms with Crippen LogP contribution in [0.15, 0.2) is 97.2 Å². The van der Waals surface area contributed by atoms with E-state index < -0.39 is 5.91 Å². The monoisotopic (exact) mass is 455 g/mol. The third kappa shape index (κ3) is 3.40. The largest absolute Gasteiger partial charge is 0.321 e. The lowest BCUT2D eigenvalue weighted by Gasteiger charge is -2.20. The molecule has 0 atom stereocenters. The molecule has 1 N–H and O–H groups in total. The molecule has 1 amide bonds. The summed E-state index contributed by atoms with van der Waals surface area (Å²) in [6.45, 7) is 0. The van der Waals surface area contributed by atoms with Crippen LogP contribution in [0.2, 0.25) is 0 Å². The highest BCUT2D eigenvalue weighted by atomic mass is 16.2. The number of benzene rings is 3. The Morgan fingerprint density at radius 3 is 2.20 bits per heavy atom. The second-order valence-electron chi connectivity index (χ2n) is 8.17. The van der Waals surface area contributed by atoms with Gasteiger partial charge in [-0.25, -0.2) is 4.98 Å². The summed E-state index contributed by atoms with van der Waals surface area (Å²) in [5.74, 6) is -0.939. The number of hydrogen-bond acceptors (Lipinski definition) is 5. The van der Waals surface area contributed by atoms with Gasteiger partial charge in [-0.1, -0.05) is 60.7 Å². The minimum atomic E-state index is -0.409. The lowest BCUT2D eigenvalue weighted by Crippen LogP contribution is -2.24. The number of anilines is 1. The number of pyridine rings is 2. The third-order valence-electron chi connectivity index (χ3n) is 6.09. The zero-order valence-electron chi connectivity index (χ0n) is 18.4. The van der Waals surface area contributed by atoms with Crippen LogP contribution < -0.4 is 5.32 Å². The first-order valence-electron chi connectivity index (χ1n) is 11.1. The average Bonchev–Trinajstić information content (AvgIpc) is 2.91. The molecular formula is C29H17N3O3. The van der Waals surface area contributed by atoms with E-state index in [1.807, 2.05) is 42.5 Å². The van der Waals surface area contributed by atoms with Crippen LogP contribution in [0.3, 0.4) is 0 Å². The Morgan fingerprint density at radius 2 is 1.40 bits per heavy atom. The Morgan fingerprint density at radius 1 is 0.686 bits per heavy atom. The minimum Gasteiger partial charge on any atom is -0.321 e. The fourth-order valence-corrected chi connectivity index (χ4v) is 4.45. The smallest absolute Gasteiger partial charge is 0.256 e. The predicted octanol–water partition coefficient (Wildman–Crippen LogP) is 5.32. The van der Waals surface area contributed by atoms with Gasteiger partial charge in [0, 0.05) is 28.3 Å². The fourth-order valence-electron chi connectivity index (χ4n) is 4.45. The van der Waals surface area contributed by atoms with Gasteiger partial charge in [-0.05, 0) is 30.3 Å². The van der Waals surface area contributed by atoms with Crippen LogP contribution in [0.4, 0.5) is 5.69 Å². The molecule has 166 valence electrons. The Hall–Kier alpha value is -4.97. The molecule has 2 heterocycles. The van der Waals surface area contributed by atoms with Crippen LogP contribution >= 0.6 is 0 Å². The Bertz CT molecular complexity index is 1680. The van der Waals surface area contributed by atoms with Crippen LogP contribution in [-0.2, 0) is 0 Å². The maximum atomic E-state index is 13.6. The molecule has 0 saturated carbocycles. The third-order valence-corrected chi connectivity index (χ3v) is 6.09.